The normalized spacial score (nSPS) is 17.2. The molecule has 0 saturated carbocycles. The summed E-state index contributed by atoms with van der Waals surface area (Å²) in [6, 6.07) is 22.4. The Morgan fingerprint density at radius 1 is 0.975 bits per heavy atom. The Balaban J connectivity index is 1.49. The second-order valence-corrected chi connectivity index (χ2v) is 10.5. The molecule has 3 N–H and O–H groups in total. The van der Waals surface area contributed by atoms with Crippen LogP contribution >= 0.6 is 0 Å². The molecule has 2 unspecified atom stereocenters. The molecule has 0 fully saturated rings. The van der Waals surface area contributed by atoms with Crippen LogP contribution in [0.5, 0.6) is 0 Å². The maximum Gasteiger partial charge on any atom is 0.410 e. The van der Waals surface area contributed by atoms with E-state index in [1.54, 1.807) is 24.3 Å². The van der Waals surface area contributed by atoms with E-state index in [-0.39, 0.29) is 30.0 Å². The summed E-state index contributed by atoms with van der Waals surface area (Å²) in [5.41, 5.74) is 10.0. The van der Waals surface area contributed by atoms with E-state index in [1.165, 1.54) is 6.20 Å². The molecule has 2 heterocycles. The van der Waals surface area contributed by atoms with E-state index >= 15 is 0 Å². The van der Waals surface area contributed by atoms with Crippen molar-refractivity contribution < 1.29 is 18.0 Å². The number of benzene rings is 3. The van der Waals surface area contributed by atoms with Crippen LogP contribution in [0.15, 0.2) is 85.1 Å². The van der Waals surface area contributed by atoms with E-state index in [0.717, 1.165) is 26.9 Å². The summed E-state index contributed by atoms with van der Waals surface area (Å²) in [6.07, 6.45) is -1.89. The molecular weight excluding hydrogens is 513 g/mol. The summed E-state index contributed by atoms with van der Waals surface area (Å²) in [7, 11) is 0. The Morgan fingerprint density at radius 3 is 2.33 bits per heavy atom. The van der Waals surface area contributed by atoms with E-state index in [9.17, 15) is 18.0 Å². The van der Waals surface area contributed by atoms with Gasteiger partial charge in [0.25, 0.3) is 0 Å². The van der Waals surface area contributed by atoms with Gasteiger partial charge >= 0.3 is 6.18 Å². The van der Waals surface area contributed by atoms with Crippen LogP contribution in [-0.2, 0) is 5.41 Å². The molecular formula is C32H33F3N4O. The molecule has 208 valence electrons. The summed E-state index contributed by atoms with van der Waals surface area (Å²) >= 11 is 0. The topological polar surface area (TPSA) is 72.9 Å². The number of nitrogens with two attached hydrogens (primary N) is 1. The number of aromatic nitrogens is 2. The minimum Gasteiger partial charge on any atom is -0.399 e. The zero-order valence-electron chi connectivity index (χ0n) is 22.6. The molecule has 5 nitrogen and oxygen atoms in total. The average Bonchev–Trinajstić information content (AvgIpc) is 3.40. The van der Waals surface area contributed by atoms with Crippen LogP contribution in [0, 0.1) is 0 Å². The number of hydrogen-bond donors (Lipinski definition) is 2. The van der Waals surface area contributed by atoms with Gasteiger partial charge in [0, 0.05) is 23.9 Å². The maximum absolute atomic E-state index is 14.1. The maximum atomic E-state index is 14.1. The van der Waals surface area contributed by atoms with Crippen LogP contribution < -0.4 is 11.1 Å². The molecule has 2 atom stereocenters. The van der Waals surface area contributed by atoms with Gasteiger partial charge in [-0.3, -0.25) is 4.79 Å². The molecule has 0 bridgehead atoms. The van der Waals surface area contributed by atoms with Crippen molar-refractivity contribution >= 4 is 17.3 Å². The summed E-state index contributed by atoms with van der Waals surface area (Å²) in [5.74, 6) is -0.103. The van der Waals surface area contributed by atoms with Gasteiger partial charge in [0.1, 0.15) is 5.82 Å². The van der Waals surface area contributed by atoms with Gasteiger partial charge in [0.15, 0.2) is 11.8 Å². The highest BCUT2D eigenvalue weighted by atomic mass is 19.4. The monoisotopic (exact) mass is 546 g/mol. The Morgan fingerprint density at radius 2 is 1.68 bits per heavy atom. The lowest BCUT2D eigenvalue weighted by atomic mass is 9.71. The molecule has 0 saturated heterocycles. The van der Waals surface area contributed by atoms with Gasteiger partial charge in [0.2, 0.25) is 0 Å². The van der Waals surface area contributed by atoms with Crippen LogP contribution in [0.3, 0.4) is 0 Å². The quantitative estimate of drug-likeness (QED) is 0.173. The summed E-state index contributed by atoms with van der Waals surface area (Å²) in [6.45, 7) is 4.09. The first-order valence-corrected chi connectivity index (χ1v) is 13.6. The molecule has 0 aliphatic carbocycles. The molecule has 4 aromatic rings. The average molecular weight is 547 g/mol. The molecule has 40 heavy (non-hydrogen) atoms. The zero-order chi connectivity index (χ0) is 28.5. The highest BCUT2D eigenvalue weighted by molar-refractivity contribution is 6.01. The van der Waals surface area contributed by atoms with Gasteiger partial charge in [-0.2, -0.15) is 18.3 Å². The lowest BCUT2D eigenvalue weighted by Gasteiger charge is -2.35. The minimum atomic E-state index is -4.50. The number of carbonyl (C=O) groups is 1. The van der Waals surface area contributed by atoms with Crippen molar-refractivity contribution in [1.82, 2.24) is 9.78 Å². The Bertz CT molecular complexity index is 1470. The van der Waals surface area contributed by atoms with E-state index < -0.39 is 23.7 Å². The van der Waals surface area contributed by atoms with Crippen LogP contribution in [0.2, 0.25) is 0 Å². The minimum absolute atomic E-state index is 0.129. The number of nitrogen functional groups attached to an aromatic ring is 1. The number of anilines is 2. The fourth-order valence-corrected chi connectivity index (χ4v) is 5.79. The third kappa shape index (κ3) is 5.22. The standard InChI is InChI=1S/C32H33F3N4O/c1-3-31(4-2,24-12-8-11-23(17-24)21-13-15-25(36)16-14-21)19-28(40)26-20-37-39-29(32(33,34)35)18-27(38-30(26)39)22-9-6-5-7-10-22/h5-17,20,27,29,38H,3-4,18-19,36H2,1-2H3. The van der Waals surface area contributed by atoms with E-state index in [0.29, 0.717) is 18.5 Å². The molecule has 0 spiro atoms. The molecule has 3 aromatic carbocycles. The molecule has 5 rings (SSSR count). The number of ketones is 1. The third-order valence-corrected chi connectivity index (χ3v) is 8.31. The van der Waals surface area contributed by atoms with Crippen molar-refractivity contribution in [2.45, 2.75) is 63.2 Å². The number of halogens is 3. The number of hydrogen-bond acceptors (Lipinski definition) is 4. The molecule has 1 aliphatic rings. The van der Waals surface area contributed by atoms with Gasteiger partial charge in [-0.25, -0.2) is 4.68 Å². The highest BCUT2D eigenvalue weighted by Gasteiger charge is 2.47. The van der Waals surface area contributed by atoms with Crippen molar-refractivity contribution in [2.24, 2.45) is 0 Å². The van der Waals surface area contributed by atoms with Crippen molar-refractivity contribution in [1.29, 1.82) is 0 Å². The SMILES string of the molecule is CCC(CC)(CC(=O)c1cnn2c1NC(c1ccccc1)CC2C(F)(F)F)c1cccc(-c2ccc(N)cc2)c1. The fraction of sp³-hybridized carbons (Fsp3) is 0.312. The lowest BCUT2D eigenvalue weighted by Crippen LogP contribution is -2.36. The van der Waals surface area contributed by atoms with Crippen LogP contribution in [0.4, 0.5) is 24.7 Å². The largest absolute Gasteiger partial charge is 0.410 e. The Kier molecular flexibility index (Phi) is 7.45. The molecule has 0 amide bonds. The number of alkyl halides is 3. The molecule has 8 heteroatoms. The van der Waals surface area contributed by atoms with E-state index in [1.807, 2.05) is 62.4 Å². The smallest absolute Gasteiger partial charge is 0.399 e. The first kappa shape index (κ1) is 27.5. The van der Waals surface area contributed by atoms with Gasteiger partial charge in [0.05, 0.1) is 17.8 Å². The second kappa shape index (κ2) is 10.8. The van der Waals surface area contributed by atoms with Crippen molar-refractivity contribution in [3.8, 4) is 11.1 Å². The first-order chi connectivity index (χ1) is 19.1. The Hall–Kier alpha value is -4.07. The second-order valence-electron chi connectivity index (χ2n) is 10.5. The first-order valence-electron chi connectivity index (χ1n) is 13.6. The molecule has 1 aliphatic heterocycles. The highest BCUT2D eigenvalue weighted by Crippen LogP contribution is 2.45. The summed E-state index contributed by atoms with van der Waals surface area (Å²) in [5, 5.41) is 7.28. The number of carbonyl (C=O) groups excluding carboxylic acids is 1. The van der Waals surface area contributed by atoms with E-state index in [2.05, 4.69) is 16.5 Å². The summed E-state index contributed by atoms with van der Waals surface area (Å²) < 4.78 is 43.4. The zero-order valence-corrected chi connectivity index (χ0v) is 22.6. The van der Waals surface area contributed by atoms with Crippen molar-refractivity contribution in [3.05, 3.63) is 102 Å². The van der Waals surface area contributed by atoms with Crippen LogP contribution in [0.1, 0.15) is 73.1 Å². The number of fused-ring (bicyclic) bond motifs is 1. The predicted molar refractivity (Wildman–Crippen MR) is 152 cm³/mol. The molecule has 0 radical (unpaired) electrons. The van der Waals surface area contributed by atoms with Gasteiger partial charge in [-0.05, 0) is 47.2 Å². The van der Waals surface area contributed by atoms with Crippen LogP contribution in [-0.4, -0.2) is 21.7 Å². The number of nitrogens with one attached hydrogen (secondary N) is 1. The number of rotatable bonds is 8. The van der Waals surface area contributed by atoms with Gasteiger partial charge in [-0.15, -0.1) is 0 Å². The van der Waals surface area contributed by atoms with Gasteiger partial charge < -0.3 is 11.1 Å². The molecule has 1 aromatic heterocycles. The lowest BCUT2D eigenvalue weighted by molar-refractivity contribution is -0.173. The van der Waals surface area contributed by atoms with E-state index in [4.69, 9.17) is 5.73 Å². The third-order valence-electron chi connectivity index (χ3n) is 8.31. The number of Topliss-reactive ketones (excluding diaryl/α,β-unsaturated/α-hetero) is 1. The van der Waals surface area contributed by atoms with Crippen LogP contribution in [0.25, 0.3) is 11.1 Å². The van der Waals surface area contributed by atoms with Crippen molar-refractivity contribution in [3.63, 3.8) is 0 Å². The predicted octanol–water partition coefficient (Wildman–Crippen LogP) is 8.12. The number of nitrogens with zero attached hydrogens (tertiary/aromatic N) is 2. The fourth-order valence-electron chi connectivity index (χ4n) is 5.79. The van der Waals surface area contributed by atoms with Gasteiger partial charge in [-0.1, -0.05) is 80.6 Å². The summed E-state index contributed by atoms with van der Waals surface area (Å²) in [4.78, 5) is 13.9. The Labute approximate surface area is 232 Å². The van der Waals surface area contributed by atoms with Crippen molar-refractivity contribution in [2.75, 3.05) is 11.1 Å².